The molecule has 0 spiro atoms. The van der Waals surface area contributed by atoms with E-state index in [0.717, 1.165) is 31.2 Å². The van der Waals surface area contributed by atoms with E-state index in [9.17, 15) is 9.18 Å². The molecule has 2 aliphatic rings. The number of amides is 1. The summed E-state index contributed by atoms with van der Waals surface area (Å²) in [7, 11) is 0. The molecule has 3 unspecified atom stereocenters. The number of benzene rings is 1. The fourth-order valence-electron chi connectivity index (χ4n) is 3.90. The average Bonchev–Trinajstić information content (AvgIpc) is 3.30. The highest BCUT2D eigenvalue weighted by Gasteiger charge is 2.45. The van der Waals surface area contributed by atoms with E-state index in [1.165, 1.54) is 30.2 Å². The second-order valence-corrected chi connectivity index (χ2v) is 8.44. The molecule has 1 saturated heterocycles. The highest BCUT2D eigenvalue weighted by Crippen LogP contribution is 2.48. The molecule has 1 saturated carbocycles. The Bertz CT molecular complexity index is 793. The highest BCUT2D eigenvalue weighted by atomic mass is 32.1. The number of halogens is 1. The zero-order chi connectivity index (χ0) is 18.1. The number of piperidine rings is 1. The number of hydrogen-bond donors (Lipinski definition) is 1. The summed E-state index contributed by atoms with van der Waals surface area (Å²) >= 11 is 1.47. The van der Waals surface area contributed by atoms with Gasteiger partial charge < -0.3 is 5.32 Å². The van der Waals surface area contributed by atoms with Crippen LogP contribution in [0.5, 0.6) is 0 Å². The predicted molar refractivity (Wildman–Crippen MR) is 102 cm³/mol. The molecule has 1 amide bonds. The molecule has 0 bridgehead atoms. The quantitative estimate of drug-likeness (QED) is 0.852. The number of rotatable bonds is 5. The number of carbonyl (C=O) groups excluding carboxylic acids is 1. The Balaban J connectivity index is 1.32. The Morgan fingerprint density at radius 1 is 1.42 bits per heavy atom. The van der Waals surface area contributed by atoms with Crippen LogP contribution in [-0.2, 0) is 11.3 Å². The van der Waals surface area contributed by atoms with Gasteiger partial charge in [0.2, 0.25) is 5.91 Å². The van der Waals surface area contributed by atoms with Gasteiger partial charge in [0, 0.05) is 24.4 Å². The van der Waals surface area contributed by atoms with E-state index in [0.29, 0.717) is 17.1 Å². The number of hydrogen-bond acceptors (Lipinski definition) is 4. The molecule has 4 rings (SSSR count). The summed E-state index contributed by atoms with van der Waals surface area (Å²) in [5.74, 6) is 0.310. The highest BCUT2D eigenvalue weighted by molar-refractivity contribution is 7.13. The largest absolute Gasteiger partial charge is 0.302 e. The van der Waals surface area contributed by atoms with E-state index in [4.69, 9.17) is 0 Å². The summed E-state index contributed by atoms with van der Waals surface area (Å²) in [4.78, 5) is 19.4. The molecular formula is C20H24FN3OS. The Kier molecular flexibility index (Phi) is 5.05. The number of thiazole rings is 1. The molecule has 6 heteroatoms. The van der Waals surface area contributed by atoms with Gasteiger partial charge in [-0.15, -0.1) is 11.3 Å². The van der Waals surface area contributed by atoms with Gasteiger partial charge in [-0.2, -0.15) is 0 Å². The van der Waals surface area contributed by atoms with Gasteiger partial charge in [0.1, 0.15) is 5.82 Å². The number of aromatic nitrogens is 1. The normalized spacial score (nSPS) is 25.8. The fraction of sp³-hybridized carbons (Fsp3) is 0.500. The van der Waals surface area contributed by atoms with Crippen LogP contribution in [0, 0.1) is 17.7 Å². The molecule has 1 aromatic carbocycles. The number of likely N-dealkylation sites (tertiary alicyclic amines) is 1. The SMILES string of the molecule is CC1CCCN(Cc2csc(NC(=O)C3CC3c3ccccc3F)n2)C1. The van der Waals surface area contributed by atoms with Gasteiger partial charge in [-0.3, -0.25) is 9.69 Å². The first kappa shape index (κ1) is 17.6. The van der Waals surface area contributed by atoms with Crippen molar-refractivity contribution in [3.05, 3.63) is 46.7 Å². The number of anilines is 1. The molecule has 2 aromatic rings. The third-order valence-electron chi connectivity index (χ3n) is 5.34. The van der Waals surface area contributed by atoms with Crippen LogP contribution >= 0.6 is 11.3 Å². The van der Waals surface area contributed by atoms with Crippen molar-refractivity contribution in [3.63, 3.8) is 0 Å². The van der Waals surface area contributed by atoms with Gasteiger partial charge >= 0.3 is 0 Å². The van der Waals surface area contributed by atoms with E-state index in [-0.39, 0.29) is 23.6 Å². The van der Waals surface area contributed by atoms with E-state index in [1.54, 1.807) is 12.1 Å². The Morgan fingerprint density at radius 3 is 3.08 bits per heavy atom. The summed E-state index contributed by atoms with van der Waals surface area (Å²) < 4.78 is 13.9. The van der Waals surface area contributed by atoms with Crippen LogP contribution in [0.4, 0.5) is 9.52 Å². The van der Waals surface area contributed by atoms with E-state index in [2.05, 4.69) is 22.1 Å². The van der Waals surface area contributed by atoms with Gasteiger partial charge in [-0.05, 0) is 49.3 Å². The molecule has 3 atom stereocenters. The van der Waals surface area contributed by atoms with Crippen LogP contribution in [0.2, 0.25) is 0 Å². The molecule has 1 aliphatic carbocycles. The van der Waals surface area contributed by atoms with Gasteiger partial charge in [0.05, 0.1) is 5.69 Å². The van der Waals surface area contributed by atoms with E-state index >= 15 is 0 Å². The topological polar surface area (TPSA) is 45.2 Å². The second-order valence-electron chi connectivity index (χ2n) is 7.59. The Morgan fingerprint density at radius 2 is 2.27 bits per heavy atom. The van der Waals surface area contributed by atoms with Gasteiger partial charge in [-0.1, -0.05) is 25.1 Å². The van der Waals surface area contributed by atoms with Crippen molar-refractivity contribution in [2.24, 2.45) is 11.8 Å². The zero-order valence-electron chi connectivity index (χ0n) is 15.0. The zero-order valence-corrected chi connectivity index (χ0v) is 15.8. The lowest BCUT2D eigenvalue weighted by Gasteiger charge is -2.30. The maximum atomic E-state index is 13.9. The average molecular weight is 373 g/mol. The minimum atomic E-state index is -0.222. The van der Waals surface area contributed by atoms with Crippen LogP contribution in [0.3, 0.4) is 0 Å². The molecular weight excluding hydrogens is 349 g/mol. The lowest BCUT2D eigenvalue weighted by molar-refractivity contribution is -0.117. The summed E-state index contributed by atoms with van der Waals surface area (Å²) in [6.07, 6.45) is 3.25. The van der Waals surface area contributed by atoms with Crippen LogP contribution in [0.1, 0.15) is 43.4 Å². The first-order valence-corrected chi connectivity index (χ1v) is 10.2. The van der Waals surface area contributed by atoms with E-state index in [1.807, 2.05) is 11.4 Å². The summed E-state index contributed by atoms with van der Waals surface area (Å²) in [5, 5.41) is 5.59. The smallest absolute Gasteiger partial charge is 0.229 e. The molecule has 2 heterocycles. The van der Waals surface area contributed by atoms with Crippen LogP contribution in [0.15, 0.2) is 29.6 Å². The third kappa shape index (κ3) is 3.96. The number of nitrogens with one attached hydrogen (secondary N) is 1. The second kappa shape index (κ2) is 7.45. The maximum absolute atomic E-state index is 13.9. The molecule has 2 fully saturated rings. The fourth-order valence-corrected chi connectivity index (χ4v) is 4.60. The van der Waals surface area contributed by atoms with Crippen molar-refractivity contribution < 1.29 is 9.18 Å². The first-order chi connectivity index (χ1) is 12.6. The minimum Gasteiger partial charge on any atom is -0.302 e. The van der Waals surface area contributed by atoms with Crippen molar-refractivity contribution in [1.29, 1.82) is 0 Å². The standard InChI is InChI=1S/C20H24FN3OS/c1-13-5-4-8-24(10-13)11-14-12-26-20(22-14)23-19(25)17-9-16(17)15-6-2-3-7-18(15)21/h2-3,6-7,12-13,16-17H,4-5,8-11H2,1H3,(H,22,23,25). The van der Waals surface area contributed by atoms with Crippen molar-refractivity contribution in [2.45, 2.75) is 38.6 Å². The summed E-state index contributed by atoms with van der Waals surface area (Å²) in [6, 6.07) is 6.72. The number of nitrogens with zero attached hydrogens (tertiary/aromatic N) is 2. The van der Waals surface area contributed by atoms with Crippen molar-refractivity contribution >= 4 is 22.4 Å². The summed E-state index contributed by atoms with van der Waals surface area (Å²) in [5.41, 5.74) is 1.66. The van der Waals surface area contributed by atoms with Gasteiger partial charge in [-0.25, -0.2) is 9.37 Å². The van der Waals surface area contributed by atoms with E-state index < -0.39 is 0 Å². The molecule has 1 aromatic heterocycles. The van der Waals surface area contributed by atoms with Gasteiger partial charge in [0.25, 0.3) is 0 Å². The Hall–Kier alpha value is -1.79. The minimum absolute atomic E-state index is 0.00882. The number of carbonyl (C=O) groups is 1. The molecule has 26 heavy (non-hydrogen) atoms. The molecule has 4 nitrogen and oxygen atoms in total. The lowest BCUT2D eigenvalue weighted by Crippen LogP contribution is -2.33. The molecule has 1 aliphatic heterocycles. The Labute approximate surface area is 157 Å². The van der Waals surface area contributed by atoms with Crippen LogP contribution in [0.25, 0.3) is 0 Å². The lowest BCUT2D eigenvalue weighted by atomic mass is 10.0. The molecule has 1 N–H and O–H groups in total. The third-order valence-corrected chi connectivity index (χ3v) is 6.15. The first-order valence-electron chi connectivity index (χ1n) is 9.32. The van der Waals surface area contributed by atoms with Crippen LogP contribution in [-0.4, -0.2) is 28.9 Å². The van der Waals surface area contributed by atoms with Crippen molar-refractivity contribution in [1.82, 2.24) is 9.88 Å². The van der Waals surface area contributed by atoms with Gasteiger partial charge in [0.15, 0.2) is 5.13 Å². The van der Waals surface area contributed by atoms with Crippen molar-refractivity contribution in [3.8, 4) is 0 Å². The predicted octanol–water partition coefficient (Wildman–Crippen LogP) is 4.26. The monoisotopic (exact) mass is 373 g/mol. The van der Waals surface area contributed by atoms with Crippen LogP contribution < -0.4 is 5.32 Å². The van der Waals surface area contributed by atoms with Crippen molar-refractivity contribution in [2.75, 3.05) is 18.4 Å². The summed E-state index contributed by atoms with van der Waals surface area (Å²) in [6.45, 7) is 5.38. The molecule has 0 radical (unpaired) electrons. The molecule has 138 valence electrons. The maximum Gasteiger partial charge on any atom is 0.229 e.